The van der Waals surface area contributed by atoms with Crippen molar-refractivity contribution < 1.29 is 14.6 Å². The number of nitrogens with zero attached hydrogens (tertiary/aromatic N) is 2. The van der Waals surface area contributed by atoms with Gasteiger partial charge in [0.25, 0.3) is 5.56 Å². The van der Waals surface area contributed by atoms with Gasteiger partial charge in [0, 0.05) is 23.9 Å². The summed E-state index contributed by atoms with van der Waals surface area (Å²) in [6.07, 6.45) is 4.47. The lowest BCUT2D eigenvalue weighted by molar-refractivity contribution is -0.0419. The molecule has 0 aliphatic heterocycles. The van der Waals surface area contributed by atoms with Crippen LogP contribution in [0.15, 0.2) is 47.3 Å². The number of rotatable bonds is 5. The van der Waals surface area contributed by atoms with E-state index in [2.05, 4.69) is 11.4 Å². The second-order valence-corrected chi connectivity index (χ2v) is 7.99. The molecule has 7 heteroatoms. The minimum absolute atomic E-state index is 0.224. The van der Waals surface area contributed by atoms with Gasteiger partial charge in [-0.1, -0.05) is 24.3 Å². The van der Waals surface area contributed by atoms with Gasteiger partial charge in [-0.2, -0.15) is 0 Å². The first kappa shape index (κ1) is 21.2. The van der Waals surface area contributed by atoms with Crippen molar-refractivity contribution in [1.29, 1.82) is 0 Å². The van der Waals surface area contributed by atoms with Crippen LogP contribution in [0.25, 0.3) is 16.5 Å². The molecule has 0 amide bonds. The summed E-state index contributed by atoms with van der Waals surface area (Å²) in [6, 6.07) is 8.97. The van der Waals surface area contributed by atoms with Gasteiger partial charge < -0.3 is 15.5 Å². The minimum Gasteiger partial charge on any atom is -0.378 e. The fraction of sp³-hybridized carbons (Fsp3) is 0.333. The molecular weight excluding hydrogens is 397 g/mol. The molecule has 3 N–H and O–H groups in total. The summed E-state index contributed by atoms with van der Waals surface area (Å²) >= 11 is 0. The maximum absolute atomic E-state index is 14.5. The number of benzene rings is 2. The topological polar surface area (TPSA) is 87.4 Å². The van der Waals surface area contributed by atoms with Crippen molar-refractivity contribution >= 4 is 22.2 Å². The molecule has 0 fully saturated rings. The highest BCUT2D eigenvalue weighted by Crippen LogP contribution is 2.31. The Morgan fingerprint density at radius 1 is 1.16 bits per heavy atom. The number of para-hydroxylation sites is 1. The van der Waals surface area contributed by atoms with E-state index >= 15 is 0 Å². The van der Waals surface area contributed by atoms with Crippen LogP contribution in [-0.4, -0.2) is 19.8 Å². The lowest BCUT2D eigenvalue weighted by Gasteiger charge is -2.21. The van der Waals surface area contributed by atoms with Crippen molar-refractivity contribution in [1.82, 2.24) is 9.55 Å². The minimum atomic E-state index is -1.64. The van der Waals surface area contributed by atoms with Gasteiger partial charge in [0.15, 0.2) is 6.29 Å². The Hall–Kier alpha value is -3.03. The third-order valence-electron chi connectivity index (χ3n) is 5.83. The molecule has 1 aliphatic rings. The van der Waals surface area contributed by atoms with E-state index in [0.29, 0.717) is 28.2 Å². The predicted molar refractivity (Wildman–Crippen MR) is 119 cm³/mol. The van der Waals surface area contributed by atoms with Crippen LogP contribution in [0.2, 0.25) is 0 Å². The van der Waals surface area contributed by atoms with E-state index in [1.807, 2.05) is 6.92 Å². The molecule has 3 aromatic rings. The summed E-state index contributed by atoms with van der Waals surface area (Å²) < 4.78 is 16.0. The van der Waals surface area contributed by atoms with Gasteiger partial charge in [-0.25, -0.2) is 9.37 Å². The molecule has 4 rings (SSSR count). The number of aromatic nitrogens is 2. The molecule has 1 heterocycles. The van der Waals surface area contributed by atoms with E-state index in [4.69, 9.17) is 4.98 Å². The fourth-order valence-electron chi connectivity index (χ4n) is 4.19. The van der Waals surface area contributed by atoms with Gasteiger partial charge in [-0.05, 0) is 56.4 Å². The fourth-order valence-corrected chi connectivity index (χ4v) is 4.19. The van der Waals surface area contributed by atoms with E-state index in [0.717, 1.165) is 31.3 Å². The van der Waals surface area contributed by atoms with Gasteiger partial charge in [0.05, 0.1) is 16.9 Å². The van der Waals surface area contributed by atoms with Crippen LogP contribution in [0.1, 0.15) is 61.9 Å². The number of aliphatic hydroxyl groups excluding tert-OH is 1. The van der Waals surface area contributed by atoms with Crippen molar-refractivity contribution in [3.05, 3.63) is 75.6 Å². The zero-order chi connectivity index (χ0) is 22.1. The van der Waals surface area contributed by atoms with Crippen molar-refractivity contribution in [3.8, 4) is 0 Å². The summed E-state index contributed by atoms with van der Waals surface area (Å²) in [7, 11) is 1.67. The Bertz CT molecular complexity index is 1220. The average Bonchev–Trinajstić information content (AvgIpc) is 2.77. The first-order valence-electron chi connectivity index (χ1n) is 10.5. The molecule has 1 atom stereocenters. The lowest BCUT2D eigenvalue weighted by Crippen LogP contribution is -2.24. The zero-order valence-electron chi connectivity index (χ0n) is 17.6. The number of fused-ring (bicyclic) bond motifs is 1. The Morgan fingerprint density at radius 3 is 2.65 bits per heavy atom. The predicted octanol–water partition coefficient (Wildman–Crippen LogP) is 4.19. The first-order valence-corrected chi connectivity index (χ1v) is 10.5. The second-order valence-electron chi connectivity index (χ2n) is 7.99. The quantitative estimate of drug-likeness (QED) is 0.536. The Kier molecular flexibility index (Phi) is 5.89. The number of aliphatic hydroxyl groups is 2. The van der Waals surface area contributed by atoms with Crippen LogP contribution in [0.5, 0.6) is 0 Å². The molecule has 0 unspecified atom stereocenters. The Labute approximate surface area is 179 Å². The smallest absolute Gasteiger partial charge is 0.261 e. The van der Waals surface area contributed by atoms with Crippen molar-refractivity contribution in [2.75, 3.05) is 5.32 Å². The molecule has 1 aromatic heterocycles. The first-order chi connectivity index (χ1) is 14.9. The monoisotopic (exact) mass is 423 g/mol. The Balaban J connectivity index is 1.85. The molecular formula is C24H26FN3O3. The molecule has 2 aromatic carbocycles. The third-order valence-corrected chi connectivity index (χ3v) is 5.83. The van der Waals surface area contributed by atoms with E-state index in [1.54, 1.807) is 31.3 Å². The van der Waals surface area contributed by atoms with Gasteiger partial charge in [0.1, 0.15) is 11.6 Å². The van der Waals surface area contributed by atoms with Crippen molar-refractivity contribution in [2.24, 2.45) is 7.05 Å². The largest absolute Gasteiger partial charge is 0.378 e. The summed E-state index contributed by atoms with van der Waals surface area (Å²) in [5.41, 5.74) is 2.57. The normalized spacial score (nSPS) is 15.2. The van der Waals surface area contributed by atoms with Crippen LogP contribution < -0.4 is 10.9 Å². The number of halogens is 1. The maximum Gasteiger partial charge on any atom is 0.261 e. The highest BCUT2D eigenvalue weighted by molar-refractivity contribution is 5.83. The standard InChI is InChI=1S/C24H26FN3O3/c1-14(26-20-11-7-6-10-17(20)24(30)31)18-12-16(25)13-19-21(18)27-22(28(2)23(19)29)15-8-4-3-5-9-15/h6-8,10-14,24,26,30-31H,3-5,9H2,1-2H3/t14-/m1/s1. The molecule has 0 saturated carbocycles. The number of anilines is 1. The second kappa shape index (κ2) is 8.61. The number of nitrogens with one attached hydrogen (secondary N) is 1. The SMILES string of the molecule is C[C@@H](Nc1ccccc1C(O)O)c1cc(F)cc2c(=O)n(C)c(C3=CCCCC3)nc12. The molecule has 6 nitrogen and oxygen atoms in total. The van der Waals surface area contributed by atoms with Crippen molar-refractivity contribution in [3.63, 3.8) is 0 Å². The highest BCUT2D eigenvalue weighted by atomic mass is 19.1. The Morgan fingerprint density at radius 2 is 1.94 bits per heavy atom. The average molecular weight is 423 g/mol. The van der Waals surface area contributed by atoms with Crippen LogP contribution in [0.4, 0.5) is 10.1 Å². The molecule has 1 aliphatic carbocycles. The molecule has 0 bridgehead atoms. The van der Waals surface area contributed by atoms with Gasteiger partial charge >= 0.3 is 0 Å². The highest BCUT2D eigenvalue weighted by Gasteiger charge is 2.20. The van der Waals surface area contributed by atoms with Crippen LogP contribution in [-0.2, 0) is 7.05 Å². The number of allylic oxidation sites excluding steroid dienone is 2. The number of hydrogen-bond donors (Lipinski definition) is 3. The van der Waals surface area contributed by atoms with Gasteiger partial charge in [0.2, 0.25) is 0 Å². The van der Waals surface area contributed by atoms with Crippen LogP contribution >= 0.6 is 0 Å². The van der Waals surface area contributed by atoms with Crippen LogP contribution in [0, 0.1) is 5.82 Å². The molecule has 31 heavy (non-hydrogen) atoms. The molecule has 162 valence electrons. The summed E-state index contributed by atoms with van der Waals surface area (Å²) in [4.78, 5) is 17.9. The van der Waals surface area contributed by atoms with E-state index < -0.39 is 18.1 Å². The molecule has 0 radical (unpaired) electrons. The molecule has 0 saturated heterocycles. The number of hydrogen-bond acceptors (Lipinski definition) is 5. The van der Waals surface area contributed by atoms with E-state index in [-0.39, 0.29) is 10.9 Å². The summed E-state index contributed by atoms with van der Waals surface area (Å²) in [6.45, 7) is 1.83. The van der Waals surface area contributed by atoms with Crippen LogP contribution in [0.3, 0.4) is 0 Å². The maximum atomic E-state index is 14.5. The summed E-state index contributed by atoms with van der Waals surface area (Å²) in [5.74, 6) is 0.0959. The van der Waals surface area contributed by atoms with E-state index in [1.165, 1.54) is 16.7 Å². The van der Waals surface area contributed by atoms with E-state index in [9.17, 15) is 19.4 Å². The van der Waals surface area contributed by atoms with Crippen molar-refractivity contribution in [2.45, 2.75) is 44.9 Å². The van der Waals surface area contributed by atoms with Gasteiger partial charge in [-0.3, -0.25) is 9.36 Å². The van der Waals surface area contributed by atoms with Gasteiger partial charge in [-0.15, -0.1) is 0 Å². The molecule has 0 spiro atoms. The zero-order valence-corrected chi connectivity index (χ0v) is 17.6. The summed E-state index contributed by atoms with van der Waals surface area (Å²) in [5, 5.41) is 22.7. The lowest BCUT2D eigenvalue weighted by atomic mass is 9.98. The third kappa shape index (κ3) is 4.11.